The molecule has 0 spiro atoms. The summed E-state index contributed by atoms with van der Waals surface area (Å²) in [5.74, 6) is 0.469. The Morgan fingerprint density at radius 1 is 1.03 bits per heavy atom. The minimum atomic E-state index is -0.775. The van der Waals surface area contributed by atoms with Crippen molar-refractivity contribution in [3.05, 3.63) is 59.9 Å². The molecule has 2 aromatic rings. The monoisotopic (exact) mass is 411 g/mol. The highest BCUT2D eigenvalue weighted by atomic mass is 16.7. The summed E-state index contributed by atoms with van der Waals surface area (Å²) in [6.07, 6.45) is 4.13. The Labute approximate surface area is 175 Å². The Kier molecular flexibility index (Phi) is 7.37. The van der Waals surface area contributed by atoms with Gasteiger partial charge in [-0.05, 0) is 62.1 Å². The normalized spacial score (nSPS) is 14.1. The molecule has 8 nitrogen and oxygen atoms in total. The SMILES string of the molecule is CCOC(=O)Oc1ccc(C(=O)NCC2CCN(C(=O)c3ccncc3)CC2)cc1. The van der Waals surface area contributed by atoms with E-state index >= 15 is 0 Å². The molecule has 1 N–H and O–H groups in total. The van der Waals surface area contributed by atoms with Gasteiger partial charge in [0, 0.05) is 43.2 Å². The summed E-state index contributed by atoms with van der Waals surface area (Å²) in [4.78, 5) is 41.9. The number of amides is 2. The molecule has 1 aromatic heterocycles. The lowest BCUT2D eigenvalue weighted by atomic mass is 9.96. The number of ether oxygens (including phenoxy) is 2. The van der Waals surface area contributed by atoms with Crippen molar-refractivity contribution >= 4 is 18.0 Å². The van der Waals surface area contributed by atoms with Crippen molar-refractivity contribution in [3.63, 3.8) is 0 Å². The molecule has 0 unspecified atom stereocenters. The van der Waals surface area contributed by atoms with E-state index in [1.165, 1.54) is 0 Å². The van der Waals surface area contributed by atoms with E-state index in [-0.39, 0.29) is 18.4 Å². The molecule has 0 aliphatic carbocycles. The number of aromatic nitrogens is 1. The van der Waals surface area contributed by atoms with Crippen LogP contribution in [0.5, 0.6) is 5.75 Å². The van der Waals surface area contributed by atoms with Crippen LogP contribution in [0.15, 0.2) is 48.8 Å². The first-order valence-corrected chi connectivity index (χ1v) is 9.99. The summed E-state index contributed by atoms with van der Waals surface area (Å²) in [5.41, 5.74) is 1.13. The van der Waals surface area contributed by atoms with E-state index in [1.807, 2.05) is 4.90 Å². The molecule has 1 aromatic carbocycles. The Hall–Kier alpha value is -3.42. The zero-order valence-electron chi connectivity index (χ0n) is 16.9. The van der Waals surface area contributed by atoms with Crippen LogP contribution in [-0.4, -0.2) is 54.1 Å². The molecule has 0 atom stereocenters. The highest BCUT2D eigenvalue weighted by Crippen LogP contribution is 2.19. The highest BCUT2D eigenvalue weighted by Gasteiger charge is 2.24. The van der Waals surface area contributed by atoms with Crippen molar-refractivity contribution < 1.29 is 23.9 Å². The smallest absolute Gasteiger partial charge is 0.434 e. The van der Waals surface area contributed by atoms with Crippen molar-refractivity contribution in [1.82, 2.24) is 15.2 Å². The molecule has 0 bridgehead atoms. The Bertz CT molecular complexity index is 862. The lowest BCUT2D eigenvalue weighted by Gasteiger charge is -2.32. The van der Waals surface area contributed by atoms with Crippen LogP contribution in [0.1, 0.15) is 40.5 Å². The summed E-state index contributed by atoms with van der Waals surface area (Å²) in [7, 11) is 0. The fraction of sp³-hybridized carbons (Fsp3) is 0.364. The van der Waals surface area contributed by atoms with Crippen molar-refractivity contribution in [1.29, 1.82) is 0 Å². The molecule has 158 valence electrons. The maximum absolute atomic E-state index is 12.5. The molecule has 1 saturated heterocycles. The second-order valence-corrected chi connectivity index (χ2v) is 6.99. The molecule has 0 saturated carbocycles. The number of pyridine rings is 1. The average molecular weight is 411 g/mol. The zero-order chi connectivity index (χ0) is 21.3. The molecule has 1 fully saturated rings. The lowest BCUT2D eigenvalue weighted by Crippen LogP contribution is -2.41. The quantitative estimate of drug-likeness (QED) is 0.580. The molecule has 3 rings (SSSR count). The summed E-state index contributed by atoms with van der Waals surface area (Å²) in [6, 6.07) is 9.74. The third kappa shape index (κ3) is 5.79. The maximum Gasteiger partial charge on any atom is 0.513 e. The molecule has 1 aliphatic rings. The summed E-state index contributed by atoms with van der Waals surface area (Å²) in [6.45, 7) is 3.81. The number of carbonyl (C=O) groups is 3. The first kappa shape index (κ1) is 21.3. The van der Waals surface area contributed by atoms with Crippen molar-refractivity contribution in [2.24, 2.45) is 5.92 Å². The number of hydrogen-bond donors (Lipinski definition) is 1. The van der Waals surface area contributed by atoms with Gasteiger partial charge >= 0.3 is 6.16 Å². The van der Waals surface area contributed by atoms with Crippen LogP contribution in [0.25, 0.3) is 0 Å². The van der Waals surface area contributed by atoms with Gasteiger partial charge in [-0.3, -0.25) is 14.6 Å². The molecule has 0 radical (unpaired) electrons. The molecule has 1 aliphatic heterocycles. The molecule has 30 heavy (non-hydrogen) atoms. The average Bonchev–Trinajstić information content (AvgIpc) is 2.78. The predicted molar refractivity (Wildman–Crippen MR) is 109 cm³/mol. The first-order chi connectivity index (χ1) is 14.6. The van der Waals surface area contributed by atoms with E-state index in [0.29, 0.717) is 42.4 Å². The maximum atomic E-state index is 12.5. The topological polar surface area (TPSA) is 97.8 Å². The van der Waals surface area contributed by atoms with E-state index in [9.17, 15) is 14.4 Å². The third-order valence-electron chi connectivity index (χ3n) is 4.96. The van der Waals surface area contributed by atoms with Gasteiger partial charge in [0.2, 0.25) is 0 Å². The largest absolute Gasteiger partial charge is 0.513 e. The van der Waals surface area contributed by atoms with Gasteiger partial charge in [0.25, 0.3) is 11.8 Å². The molecular weight excluding hydrogens is 386 g/mol. The van der Waals surface area contributed by atoms with Gasteiger partial charge in [0.15, 0.2) is 0 Å². The van der Waals surface area contributed by atoms with E-state index in [1.54, 1.807) is 55.7 Å². The van der Waals surface area contributed by atoms with Crippen LogP contribution in [0.4, 0.5) is 4.79 Å². The van der Waals surface area contributed by atoms with Gasteiger partial charge in [-0.2, -0.15) is 0 Å². The van der Waals surface area contributed by atoms with Crippen molar-refractivity contribution in [2.45, 2.75) is 19.8 Å². The van der Waals surface area contributed by atoms with E-state index in [2.05, 4.69) is 10.3 Å². The van der Waals surface area contributed by atoms with Crippen molar-refractivity contribution in [3.8, 4) is 5.75 Å². The number of hydrogen-bond acceptors (Lipinski definition) is 6. The van der Waals surface area contributed by atoms with Gasteiger partial charge in [0.05, 0.1) is 6.61 Å². The van der Waals surface area contributed by atoms with Gasteiger partial charge in [0.1, 0.15) is 5.75 Å². The number of rotatable bonds is 6. The highest BCUT2D eigenvalue weighted by molar-refractivity contribution is 5.94. The lowest BCUT2D eigenvalue weighted by molar-refractivity contribution is 0.0684. The van der Waals surface area contributed by atoms with E-state index in [0.717, 1.165) is 12.8 Å². The second kappa shape index (κ2) is 10.4. The van der Waals surface area contributed by atoms with Crippen LogP contribution in [-0.2, 0) is 4.74 Å². The van der Waals surface area contributed by atoms with Crippen molar-refractivity contribution in [2.75, 3.05) is 26.2 Å². The second-order valence-electron chi connectivity index (χ2n) is 6.99. The third-order valence-corrected chi connectivity index (χ3v) is 4.96. The number of carbonyl (C=O) groups excluding carboxylic acids is 3. The number of piperidine rings is 1. The predicted octanol–water partition coefficient (Wildman–Crippen LogP) is 2.90. The molecular formula is C22H25N3O5. The van der Waals surface area contributed by atoms with Crippen LogP contribution in [0.3, 0.4) is 0 Å². The minimum Gasteiger partial charge on any atom is -0.434 e. The van der Waals surface area contributed by atoms with E-state index < -0.39 is 6.16 Å². The summed E-state index contributed by atoms with van der Waals surface area (Å²) < 4.78 is 9.69. The number of benzene rings is 1. The van der Waals surface area contributed by atoms with Crippen LogP contribution >= 0.6 is 0 Å². The van der Waals surface area contributed by atoms with Gasteiger partial charge in [-0.25, -0.2) is 4.79 Å². The minimum absolute atomic E-state index is 0.0185. The van der Waals surface area contributed by atoms with E-state index in [4.69, 9.17) is 9.47 Å². The Balaban J connectivity index is 1.42. The first-order valence-electron chi connectivity index (χ1n) is 9.99. The van der Waals surface area contributed by atoms with Crippen LogP contribution < -0.4 is 10.1 Å². The molecule has 8 heteroatoms. The fourth-order valence-corrected chi connectivity index (χ4v) is 3.27. The molecule has 2 heterocycles. The van der Waals surface area contributed by atoms with Gasteiger partial charge in [-0.15, -0.1) is 0 Å². The van der Waals surface area contributed by atoms with Gasteiger partial charge in [-0.1, -0.05) is 0 Å². The Morgan fingerprint density at radius 3 is 2.33 bits per heavy atom. The Morgan fingerprint density at radius 2 is 1.70 bits per heavy atom. The fourth-order valence-electron chi connectivity index (χ4n) is 3.27. The van der Waals surface area contributed by atoms with Crippen LogP contribution in [0, 0.1) is 5.92 Å². The zero-order valence-corrected chi connectivity index (χ0v) is 16.9. The number of likely N-dealkylation sites (tertiary alicyclic amines) is 1. The van der Waals surface area contributed by atoms with Crippen LogP contribution in [0.2, 0.25) is 0 Å². The standard InChI is InChI=1S/C22H25N3O5/c1-2-29-22(28)30-19-5-3-17(4-6-19)20(26)24-15-16-9-13-25(14-10-16)21(27)18-7-11-23-12-8-18/h3-8,11-12,16H,2,9-10,13-15H2,1H3,(H,24,26). The molecule has 2 amide bonds. The van der Waals surface area contributed by atoms with Gasteiger partial charge < -0.3 is 19.7 Å². The number of nitrogens with one attached hydrogen (secondary N) is 1. The number of nitrogens with zero attached hydrogens (tertiary/aromatic N) is 2. The summed E-state index contributed by atoms with van der Waals surface area (Å²) in [5, 5.41) is 2.94. The summed E-state index contributed by atoms with van der Waals surface area (Å²) >= 11 is 0.